The number of nitrogens with one attached hydrogen (secondary N) is 1. The first-order valence-corrected chi connectivity index (χ1v) is 6.86. The lowest BCUT2D eigenvalue weighted by atomic mass is 10.3. The van der Waals surface area contributed by atoms with Gasteiger partial charge in [0.05, 0.1) is 13.2 Å². The van der Waals surface area contributed by atoms with E-state index in [4.69, 9.17) is 9.72 Å². The SMILES string of the molecule is C1=CCn2c(nc3c(N4CCOCC4)ncnc32)NC1. The average molecular weight is 272 g/mol. The van der Waals surface area contributed by atoms with Crippen molar-refractivity contribution in [1.29, 1.82) is 0 Å². The molecule has 0 unspecified atom stereocenters. The zero-order valence-corrected chi connectivity index (χ0v) is 11.1. The van der Waals surface area contributed by atoms with Crippen LogP contribution in [-0.2, 0) is 11.3 Å². The van der Waals surface area contributed by atoms with Crippen LogP contribution in [0.5, 0.6) is 0 Å². The quantitative estimate of drug-likeness (QED) is 0.769. The van der Waals surface area contributed by atoms with Gasteiger partial charge in [0, 0.05) is 26.2 Å². The number of fused-ring (bicyclic) bond motifs is 3. The van der Waals surface area contributed by atoms with Gasteiger partial charge in [-0.1, -0.05) is 12.2 Å². The Morgan fingerprint density at radius 2 is 2.05 bits per heavy atom. The number of imidazole rings is 1. The monoisotopic (exact) mass is 272 g/mol. The highest BCUT2D eigenvalue weighted by Gasteiger charge is 2.21. The highest BCUT2D eigenvalue weighted by Crippen LogP contribution is 2.26. The molecule has 1 N–H and O–H groups in total. The molecule has 0 spiro atoms. The summed E-state index contributed by atoms with van der Waals surface area (Å²) in [6.07, 6.45) is 5.85. The van der Waals surface area contributed by atoms with Crippen molar-refractivity contribution in [2.24, 2.45) is 0 Å². The number of hydrogen-bond donors (Lipinski definition) is 1. The van der Waals surface area contributed by atoms with Crippen LogP contribution >= 0.6 is 0 Å². The Kier molecular flexibility index (Phi) is 2.77. The van der Waals surface area contributed by atoms with Crippen molar-refractivity contribution in [2.75, 3.05) is 43.1 Å². The molecule has 2 aliphatic heterocycles. The number of anilines is 2. The maximum Gasteiger partial charge on any atom is 0.205 e. The minimum Gasteiger partial charge on any atom is -0.378 e. The molecule has 0 aromatic carbocycles. The second-order valence-corrected chi connectivity index (χ2v) is 4.87. The predicted octanol–water partition coefficient (Wildman–Crippen LogP) is 0.645. The number of morpholine rings is 1. The molecular weight excluding hydrogens is 256 g/mol. The normalized spacial score (nSPS) is 18.7. The third kappa shape index (κ3) is 1.82. The standard InChI is InChI=1S/C13H16N6O/c1-2-4-19-12-10(17-13(19)14-3-1)11(15-9-16-12)18-5-7-20-8-6-18/h1-2,9H,3-8H2,(H,14,17). The summed E-state index contributed by atoms with van der Waals surface area (Å²) in [5, 5.41) is 3.30. The summed E-state index contributed by atoms with van der Waals surface area (Å²) < 4.78 is 7.49. The van der Waals surface area contributed by atoms with Crippen LogP contribution in [0, 0.1) is 0 Å². The van der Waals surface area contributed by atoms with E-state index in [9.17, 15) is 0 Å². The summed E-state index contributed by atoms with van der Waals surface area (Å²) in [6.45, 7) is 4.76. The van der Waals surface area contributed by atoms with Gasteiger partial charge in [-0.05, 0) is 0 Å². The van der Waals surface area contributed by atoms with Crippen LogP contribution < -0.4 is 10.2 Å². The van der Waals surface area contributed by atoms with Gasteiger partial charge < -0.3 is 15.0 Å². The van der Waals surface area contributed by atoms with E-state index < -0.39 is 0 Å². The highest BCUT2D eigenvalue weighted by molar-refractivity contribution is 5.86. The molecule has 0 radical (unpaired) electrons. The van der Waals surface area contributed by atoms with Crippen molar-refractivity contribution in [3.8, 4) is 0 Å². The third-order valence-corrected chi connectivity index (χ3v) is 3.66. The maximum absolute atomic E-state index is 5.40. The van der Waals surface area contributed by atoms with Crippen LogP contribution in [0.2, 0.25) is 0 Å². The van der Waals surface area contributed by atoms with Crippen molar-refractivity contribution < 1.29 is 4.74 Å². The first-order chi connectivity index (χ1) is 9.93. The number of allylic oxidation sites excluding steroid dienone is 1. The van der Waals surface area contributed by atoms with Gasteiger partial charge in [-0.25, -0.2) is 15.0 Å². The fourth-order valence-corrected chi connectivity index (χ4v) is 2.65. The van der Waals surface area contributed by atoms with Crippen molar-refractivity contribution in [3.63, 3.8) is 0 Å². The third-order valence-electron chi connectivity index (χ3n) is 3.66. The van der Waals surface area contributed by atoms with E-state index in [2.05, 4.69) is 36.9 Å². The van der Waals surface area contributed by atoms with Gasteiger partial charge in [0.15, 0.2) is 17.0 Å². The van der Waals surface area contributed by atoms with Crippen molar-refractivity contribution in [2.45, 2.75) is 6.54 Å². The molecule has 20 heavy (non-hydrogen) atoms. The molecule has 0 aliphatic carbocycles. The van der Waals surface area contributed by atoms with Crippen LogP contribution in [0.15, 0.2) is 18.5 Å². The van der Waals surface area contributed by atoms with Gasteiger partial charge in [-0.2, -0.15) is 0 Å². The number of ether oxygens (including phenoxy) is 1. The molecule has 2 aliphatic rings. The summed E-state index contributed by atoms with van der Waals surface area (Å²) >= 11 is 0. The predicted molar refractivity (Wildman–Crippen MR) is 76.0 cm³/mol. The lowest BCUT2D eigenvalue weighted by Crippen LogP contribution is -2.36. The van der Waals surface area contributed by atoms with Crippen LogP contribution in [0.3, 0.4) is 0 Å². The lowest BCUT2D eigenvalue weighted by molar-refractivity contribution is 0.122. The first-order valence-electron chi connectivity index (χ1n) is 6.86. The van der Waals surface area contributed by atoms with Crippen molar-refractivity contribution >= 4 is 22.9 Å². The van der Waals surface area contributed by atoms with Crippen LogP contribution in [0.1, 0.15) is 0 Å². The highest BCUT2D eigenvalue weighted by atomic mass is 16.5. The van der Waals surface area contributed by atoms with Gasteiger partial charge in [-0.3, -0.25) is 4.57 Å². The fourth-order valence-electron chi connectivity index (χ4n) is 2.65. The average Bonchev–Trinajstić information content (AvgIpc) is 2.70. The van der Waals surface area contributed by atoms with Gasteiger partial charge in [0.2, 0.25) is 5.95 Å². The zero-order chi connectivity index (χ0) is 13.4. The molecule has 0 amide bonds. The Balaban J connectivity index is 1.84. The van der Waals surface area contributed by atoms with Gasteiger partial charge in [0.1, 0.15) is 6.33 Å². The Morgan fingerprint density at radius 1 is 1.15 bits per heavy atom. The lowest BCUT2D eigenvalue weighted by Gasteiger charge is -2.27. The van der Waals surface area contributed by atoms with E-state index in [1.165, 1.54) is 0 Å². The van der Waals surface area contributed by atoms with Crippen LogP contribution in [-0.4, -0.2) is 52.4 Å². The number of aromatic nitrogens is 4. The molecule has 0 atom stereocenters. The molecule has 7 nitrogen and oxygen atoms in total. The molecule has 0 bridgehead atoms. The second-order valence-electron chi connectivity index (χ2n) is 4.87. The topological polar surface area (TPSA) is 68.1 Å². The first kappa shape index (κ1) is 11.7. The largest absolute Gasteiger partial charge is 0.378 e. The molecule has 2 aromatic rings. The molecule has 4 heterocycles. The number of nitrogens with zero attached hydrogens (tertiary/aromatic N) is 5. The minimum atomic E-state index is 0.736. The minimum absolute atomic E-state index is 0.736. The molecule has 0 saturated carbocycles. The zero-order valence-electron chi connectivity index (χ0n) is 11.1. The molecule has 104 valence electrons. The fraction of sp³-hybridized carbons (Fsp3) is 0.462. The van der Waals surface area contributed by atoms with Gasteiger partial charge in [-0.15, -0.1) is 0 Å². The van der Waals surface area contributed by atoms with E-state index in [-0.39, 0.29) is 0 Å². The van der Waals surface area contributed by atoms with Crippen LogP contribution in [0.4, 0.5) is 11.8 Å². The summed E-state index contributed by atoms with van der Waals surface area (Å²) in [6, 6.07) is 0. The number of hydrogen-bond acceptors (Lipinski definition) is 6. The molecule has 2 aromatic heterocycles. The smallest absolute Gasteiger partial charge is 0.205 e. The Bertz CT molecular complexity index is 658. The molecule has 1 fully saturated rings. The Morgan fingerprint density at radius 3 is 2.95 bits per heavy atom. The Hall–Kier alpha value is -2.15. The number of rotatable bonds is 1. The van der Waals surface area contributed by atoms with E-state index in [1.54, 1.807) is 6.33 Å². The molecular formula is C13H16N6O. The summed E-state index contributed by atoms with van der Waals surface area (Å²) in [5.74, 6) is 1.77. The van der Waals surface area contributed by atoms with Gasteiger partial charge in [0.25, 0.3) is 0 Å². The molecule has 7 heteroatoms. The molecule has 1 saturated heterocycles. The molecule has 4 rings (SSSR count). The summed E-state index contributed by atoms with van der Waals surface area (Å²) in [5.41, 5.74) is 1.75. The van der Waals surface area contributed by atoms with Gasteiger partial charge >= 0.3 is 0 Å². The van der Waals surface area contributed by atoms with Crippen LogP contribution in [0.25, 0.3) is 11.2 Å². The second kappa shape index (κ2) is 4.75. The van der Waals surface area contributed by atoms with Crippen molar-refractivity contribution in [3.05, 3.63) is 18.5 Å². The van der Waals surface area contributed by atoms with E-state index in [1.807, 2.05) is 0 Å². The van der Waals surface area contributed by atoms with E-state index in [0.717, 1.165) is 62.3 Å². The summed E-state index contributed by atoms with van der Waals surface area (Å²) in [7, 11) is 0. The van der Waals surface area contributed by atoms with E-state index in [0.29, 0.717) is 0 Å². The summed E-state index contributed by atoms with van der Waals surface area (Å²) in [4.78, 5) is 15.8. The maximum atomic E-state index is 5.40. The van der Waals surface area contributed by atoms with E-state index >= 15 is 0 Å². The van der Waals surface area contributed by atoms with Crippen molar-refractivity contribution in [1.82, 2.24) is 19.5 Å². The Labute approximate surface area is 116 Å².